The number of rotatable bonds is 7. The van der Waals surface area contributed by atoms with Gasteiger partial charge in [-0.15, -0.1) is 11.3 Å². The molecule has 3 N–H and O–H groups in total. The number of thiophene rings is 1. The van der Waals surface area contributed by atoms with E-state index >= 15 is 0 Å². The number of carbonyl (C=O) groups is 2. The van der Waals surface area contributed by atoms with Gasteiger partial charge in [-0.1, -0.05) is 13.3 Å². The van der Waals surface area contributed by atoms with Crippen LogP contribution in [0.25, 0.3) is 0 Å². The van der Waals surface area contributed by atoms with Crippen LogP contribution >= 0.6 is 11.3 Å². The Morgan fingerprint density at radius 3 is 2.62 bits per heavy atom. The Bertz CT molecular complexity index is 549. The maximum Gasteiger partial charge on any atom is 0.256 e. The topological polar surface area (TPSA) is 75.4 Å². The van der Waals surface area contributed by atoms with Crippen molar-refractivity contribution in [3.8, 4) is 0 Å². The molecule has 1 aliphatic carbocycles. The summed E-state index contributed by atoms with van der Waals surface area (Å²) in [6.45, 7) is 2.97. The highest BCUT2D eigenvalue weighted by Gasteiger charge is 2.35. The number of ketones is 1. The van der Waals surface area contributed by atoms with Gasteiger partial charge in [0.25, 0.3) is 5.91 Å². The second kappa shape index (κ2) is 6.47. The minimum atomic E-state index is -0.225. The molecule has 21 heavy (non-hydrogen) atoms. The molecule has 1 aromatic rings. The Morgan fingerprint density at radius 1 is 1.43 bits per heavy atom. The lowest BCUT2D eigenvalue weighted by molar-refractivity contribution is 0.0964. The Morgan fingerprint density at radius 2 is 2.10 bits per heavy atom. The molecule has 0 saturated heterocycles. The maximum atomic E-state index is 12.3. The molecule has 0 aliphatic heterocycles. The second-order valence-corrected chi connectivity index (χ2v) is 6.52. The van der Waals surface area contributed by atoms with E-state index in [1.165, 1.54) is 11.3 Å². The molecule has 1 saturated carbocycles. The third kappa shape index (κ3) is 3.20. The SMILES string of the molecule is CCCCN(C)c1sc(C(=O)C2CC2)c(N)c1C(=O)NC. The monoisotopic (exact) mass is 309 g/mol. The average molecular weight is 309 g/mol. The van der Waals surface area contributed by atoms with Crippen molar-refractivity contribution in [1.82, 2.24) is 5.32 Å². The van der Waals surface area contributed by atoms with Crippen molar-refractivity contribution in [2.45, 2.75) is 32.6 Å². The van der Waals surface area contributed by atoms with E-state index in [4.69, 9.17) is 5.73 Å². The van der Waals surface area contributed by atoms with Gasteiger partial charge in [-0.2, -0.15) is 0 Å². The first-order valence-corrected chi connectivity index (χ1v) is 8.22. The normalized spacial score (nSPS) is 14.0. The molecule has 1 heterocycles. The number of carbonyl (C=O) groups excluding carboxylic acids is 2. The van der Waals surface area contributed by atoms with Crippen molar-refractivity contribution in [3.63, 3.8) is 0 Å². The van der Waals surface area contributed by atoms with Gasteiger partial charge in [0, 0.05) is 26.6 Å². The fraction of sp³-hybridized carbons (Fsp3) is 0.600. The van der Waals surface area contributed by atoms with Crippen LogP contribution in [0.1, 0.15) is 52.6 Å². The summed E-state index contributed by atoms with van der Waals surface area (Å²) in [5.41, 5.74) is 6.91. The summed E-state index contributed by atoms with van der Waals surface area (Å²) in [6.07, 6.45) is 3.99. The molecule has 1 aliphatic rings. The molecule has 0 spiro atoms. The number of nitrogens with one attached hydrogen (secondary N) is 1. The van der Waals surface area contributed by atoms with Crippen LogP contribution in [0.2, 0.25) is 0 Å². The Balaban J connectivity index is 2.38. The van der Waals surface area contributed by atoms with Gasteiger partial charge in [0.1, 0.15) is 5.00 Å². The number of amides is 1. The van der Waals surface area contributed by atoms with Crippen molar-refractivity contribution in [2.75, 3.05) is 31.3 Å². The van der Waals surface area contributed by atoms with E-state index in [1.54, 1.807) is 7.05 Å². The lowest BCUT2D eigenvalue weighted by Gasteiger charge is -2.18. The van der Waals surface area contributed by atoms with E-state index in [-0.39, 0.29) is 17.6 Å². The zero-order chi connectivity index (χ0) is 15.6. The van der Waals surface area contributed by atoms with Gasteiger partial charge in [0.05, 0.1) is 16.1 Å². The summed E-state index contributed by atoms with van der Waals surface area (Å²) in [4.78, 5) is 27.0. The predicted molar refractivity (Wildman–Crippen MR) is 87.4 cm³/mol. The smallest absolute Gasteiger partial charge is 0.256 e. The number of hydrogen-bond donors (Lipinski definition) is 2. The first-order valence-electron chi connectivity index (χ1n) is 7.40. The number of hydrogen-bond acceptors (Lipinski definition) is 5. The van der Waals surface area contributed by atoms with E-state index in [0.717, 1.165) is 37.2 Å². The summed E-state index contributed by atoms with van der Waals surface area (Å²) in [5, 5.41) is 3.42. The largest absolute Gasteiger partial charge is 0.397 e. The zero-order valence-electron chi connectivity index (χ0n) is 12.9. The molecule has 0 radical (unpaired) electrons. The van der Waals surface area contributed by atoms with Crippen LogP contribution in [0, 0.1) is 5.92 Å². The summed E-state index contributed by atoms with van der Waals surface area (Å²) < 4.78 is 0. The summed E-state index contributed by atoms with van der Waals surface area (Å²) >= 11 is 1.36. The highest BCUT2D eigenvalue weighted by molar-refractivity contribution is 7.19. The number of unbranched alkanes of at least 4 members (excludes halogenated alkanes) is 1. The predicted octanol–water partition coefficient (Wildman–Crippen LogP) is 2.52. The zero-order valence-corrected chi connectivity index (χ0v) is 13.7. The van der Waals surface area contributed by atoms with Gasteiger partial charge in [-0.25, -0.2) is 0 Å². The maximum absolute atomic E-state index is 12.3. The van der Waals surface area contributed by atoms with E-state index in [1.807, 2.05) is 11.9 Å². The molecule has 1 amide bonds. The van der Waals surface area contributed by atoms with Crippen LogP contribution in [-0.2, 0) is 0 Å². The first kappa shape index (κ1) is 15.8. The molecule has 0 unspecified atom stereocenters. The molecule has 2 rings (SSSR count). The van der Waals surface area contributed by atoms with Gasteiger partial charge in [-0.3, -0.25) is 9.59 Å². The lowest BCUT2D eigenvalue weighted by atomic mass is 10.1. The number of anilines is 2. The molecule has 5 nitrogen and oxygen atoms in total. The highest BCUT2D eigenvalue weighted by Crippen LogP contribution is 2.42. The van der Waals surface area contributed by atoms with Crippen LogP contribution in [0.15, 0.2) is 0 Å². The van der Waals surface area contributed by atoms with Crippen molar-refractivity contribution >= 4 is 33.7 Å². The fourth-order valence-corrected chi connectivity index (χ4v) is 3.48. The van der Waals surface area contributed by atoms with E-state index in [2.05, 4.69) is 12.2 Å². The van der Waals surface area contributed by atoms with Gasteiger partial charge in [0.2, 0.25) is 0 Å². The van der Waals surface area contributed by atoms with Gasteiger partial charge in [-0.05, 0) is 19.3 Å². The van der Waals surface area contributed by atoms with Crippen molar-refractivity contribution < 1.29 is 9.59 Å². The van der Waals surface area contributed by atoms with Gasteiger partial charge >= 0.3 is 0 Å². The minimum Gasteiger partial charge on any atom is -0.397 e. The van der Waals surface area contributed by atoms with Crippen LogP contribution in [0.3, 0.4) is 0 Å². The third-order valence-corrected chi connectivity index (χ3v) is 5.08. The highest BCUT2D eigenvalue weighted by atomic mass is 32.1. The van der Waals surface area contributed by atoms with Crippen LogP contribution in [-0.4, -0.2) is 32.3 Å². The molecule has 0 atom stereocenters. The molecule has 1 aromatic heterocycles. The third-order valence-electron chi connectivity index (χ3n) is 3.75. The number of nitrogens with zero attached hydrogens (tertiary/aromatic N) is 1. The quantitative estimate of drug-likeness (QED) is 0.759. The molecule has 6 heteroatoms. The van der Waals surface area contributed by atoms with Crippen molar-refractivity contribution in [1.29, 1.82) is 0 Å². The standard InChI is InChI=1S/C15H23N3O2S/c1-4-5-8-18(3)15-10(14(20)17-2)11(16)13(21-15)12(19)9-6-7-9/h9H,4-8,16H2,1-3H3,(H,17,20). The molecule has 0 aromatic carbocycles. The first-order chi connectivity index (χ1) is 10.0. The number of nitrogen functional groups attached to an aromatic ring is 1. The minimum absolute atomic E-state index is 0.0952. The second-order valence-electron chi connectivity index (χ2n) is 5.52. The number of nitrogens with two attached hydrogens (primary N) is 1. The van der Waals surface area contributed by atoms with Gasteiger partial charge < -0.3 is 16.0 Å². The number of Topliss-reactive ketones (excluding diaryl/α,β-unsaturated/α-hetero) is 1. The van der Waals surface area contributed by atoms with Crippen molar-refractivity contribution in [2.24, 2.45) is 5.92 Å². The van der Waals surface area contributed by atoms with Gasteiger partial charge in [0.15, 0.2) is 5.78 Å². The molecular formula is C15H23N3O2S. The van der Waals surface area contributed by atoms with E-state index in [0.29, 0.717) is 16.1 Å². The Labute approximate surface area is 129 Å². The van der Waals surface area contributed by atoms with Crippen molar-refractivity contribution in [3.05, 3.63) is 10.4 Å². The van der Waals surface area contributed by atoms with E-state index < -0.39 is 0 Å². The van der Waals surface area contributed by atoms with Crippen LogP contribution in [0.5, 0.6) is 0 Å². The molecule has 116 valence electrons. The summed E-state index contributed by atoms with van der Waals surface area (Å²) in [7, 11) is 3.52. The lowest BCUT2D eigenvalue weighted by Crippen LogP contribution is -2.24. The van der Waals surface area contributed by atoms with E-state index in [9.17, 15) is 9.59 Å². The summed E-state index contributed by atoms with van der Waals surface area (Å²) in [6, 6.07) is 0. The fourth-order valence-electron chi connectivity index (χ4n) is 2.26. The molecule has 1 fully saturated rings. The molecular weight excluding hydrogens is 286 g/mol. The summed E-state index contributed by atoms with van der Waals surface area (Å²) in [5.74, 6) is -0.0213. The molecule has 0 bridgehead atoms. The van der Waals surface area contributed by atoms with Crippen LogP contribution in [0.4, 0.5) is 10.7 Å². The Hall–Kier alpha value is -1.56. The van der Waals surface area contributed by atoms with Crippen LogP contribution < -0.4 is 16.0 Å². The Kier molecular flexibility index (Phi) is 4.88. The average Bonchev–Trinajstić information content (AvgIpc) is 3.26.